The summed E-state index contributed by atoms with van der Waals surface area (Å²) in [6.45, 7) is 2.86. The molecule has 7 nitrogen and oxygen atoms in total. The Bertz CT molecular complexity index is 1140. The summed E-state index contributed by atoms with van der Waals surface area (Å²) in [4.78, 5) is 35.9. The number of benzene rings is 2. The molecule has 1 aliphatic rings. The Labute approximate surface area is 191 Å². The lowest BCUT2D eigenvalue weighted by molar-refractivity contribution is -0.134. The van der Waals surface area contributed by atoms with Crippen LogP contribution in [0.3, 0.4) is 0 Å². The molecule has 4 rings (SSSR count). The van der Waals surface area contributed by atoms with Gasteiger partial charge >= 0.3 is 0 Å². The fourth-order valence-electron chi connectivity index (χ4n) is 3.82. The Kier molecular flexibility index (Phi) is 6.92. The highest BCUT2D eigenvalue weighted by Gasteiger charge is 2.27. The number of piperidine rings is 1. The first kappa shape index (κ1) is 22.4. The zero-order valence-electron chi connectivity index (χ0n) is 18.3. The molecule has 0 unspecified atom stereocenters. The van der Waals surface area contributed by atoms with Crippen LogP contribution in [0.1, 0.15) is 40.6 Å². The molecule has 1 aromatic heterocycles. The fourth-order valence-corrected chi connectivity index (χ4v) is 3.82. The third-order valence-electron chi connectivity index (χ3n) is 5.61. The Morgan fingerprint density at radius 1 is 1.15 bits per heavy atom. The molecule has 0 aliphatic carbocycles. The van der Waals surface area contributed by atoms with Crippen LogP contribution in [-0.4, -0.2) is 46.4 Å². The van der Waals surface area contributed by atoms with Crippen LogP contribution < -0.4 is 10.1 Å². The second-order valence-electron chi connectivity index (χ2n) is 7.94. The first-order valence-corrected chi connectivity index (χ1v) is 10.9. The average Bonchev–Trinajstić information content (AvgIpc) is 2.84. The Hall–Kier alpha value is -3.81. The van der Waals surface area contributed by atoms with Gasteiger partial charge < -0.3 is 15.0 Å². The van der Waals surface area contributed by atoms with E-state index in [-0.39, 0.29) is 29.7 Å². The van der Waals surface area contributed by atoms with E-state index < -0.39 is 11.7 Å². The number of carbonyl (C=O) groups excluding carboxylic acids is 2. The van der Waals surface area contributed by atoms with Gasteiger partial charge in [0.15, 0.2) is 6.61 Å². The number of carbonyl (C=O) groups is 2. The number of rotatable bonds is 6. The van der Waals surface area contributed by atoms with E-state index in [2.05, 4.69) is 15.3 Å². The molecule has 1 atom stereocenters. The van der Waals surface area contributed by atoms with Gasteiger partial charge in [-0.25, -0.2) is 14.4 Å². The molecule has 0 spiro atoms. The largest absolute Gasteiger partial charge is 0.484 e. The van der Waals surface area contributed by atoms with Gasteiger partial charge in [-0.05, 0) is 44.0 Å². The van der Waals surface area contributed by atoms with Crippen molar-refractivity contribution in [1.82, 2.24) is 14.9 Å². The summed E-state index contributed by atoms with van der Waals surface area (Å²) in [7, 11) is 0. The highest BCUT2D eigenvalue weighted by molar-refractivity contribution is 6.04. The highest BCUT2D eigenvalue weighted by atomic mass is 19.1. The first-order chi connectivity index (χ1) is 16.0. The van der Waals surface area contributed by atoms with Crippen LogP contribution in [0.2, 0.25) is 0 Å². The Morgan fingerprint density at radius 2 is 1.91 bits per heavy atom. The standard InChI is InChI=1S/C25H25FN4O3/c1-17-20(25(32)29-22-12-6-5-11-21(22)26)14-27-24(28-17)18-8-7-13-30(15-18)23(31)16-33-19-9-3-2-4-10-19/h2-6,9-12,14,18H,7-8,13,15-16H2,1H3,(H,29,32)/t18-/m0/s1. The van der Waals surface area contributed by atoms with Crippen molar-refractivity contribution in [2.75, 3.05) is 25.0 Å². The van der Waals surface area contributed by atoms with Crippen LogP contribution in [0.4, 0.5) is 10.1 Å². The Morgan fingerprint density at radius 3 is 2.67 bits per heavy atom. The van der Waals surface area contributed by atoms with Gasteiger partial charge in [-0.3, -0.25) is 9.59 Å². The molecule has 2 amide bonds. The van der Waals surface area contributed by atoms with E-state index in [4.69, 9.17) is 4.74 Å². The monoisotopic (exact) mass is 448 g/mol. The summed E-state index contributed by atoms with van der Waals surface area (Å²) < 4.78 is 19.4. The predicted molar refractivity (Wildman–Crippen MR) is 122 cm³/mol. The molecular weight excluding hydrogens is 423 g/mol. The molecule has 33 heavy (non-hydrogen) atoms. The van der Waals surface area contributed by atoms with Crippen LogP contribution in [0, 0.1) is 12.7 Å². The average molecular weight is 448 g/mol. The maximum absolute atomic E-state index is 13.8. The highest BCUT2D eigenvalue weighted by Crippen LogP contribution is 2.25. The molecule has 2 heterocycles. The van der Waals surface area contributed by atoms with Crippen molar-refractivity contribution in [2.24, 2.45) is 0 Å². The number of amides is 2. The molecule has 170 valence electrons. The minimum absolute atomic E-state index is 0.0221. The number of aryl methyl sites for hydroxylation is 1. The third kappa shape index (κ3) is 5.52. The van der Waals surface area contributed by atoms with Crippen LogP contribution in [0.15, 0.2) is 60.8 Å². The topological polar surface area (TPSA) is 84.4 Å². The quantitative estimate of drug-likeness (QED) is 0.617. The van der Waals surface area contributed by atoms with E-state index in [9.17, 15) is 14.0 Å². The number of aromatic nitrogens is 2. The van der Waals surface area contributed by atoms with E-state index in [1.165, 1.54) is 18.3 Å². The second-order valence-corrected chi connectivity index (χ2v) is 7.94. The van der Waals surface area contributed by atoms with Crippen molar-refractivity contribution in [2.45, 2.75) is 25.7 Å². The van der Waals surface area contributed by atoms with Gasteiger partial charge in [0.25, 0.3) is 11.8 Å². The number of anilines is 1. The van der Waals surface area contributed by atoms with Crippen molar-refractivity contribution in [3.05, 3.63) is 83.7 Å². The van der Waals surface area contributed by atoms with E-state index in [1.54, 1.807) is 24.0 Å². The number of ether oxygens (including phenoxy) is 1. The maximum atomic E-state index is 13.8. The first-order valence-electron chi connectivity index (χ1n) is 10.9. The smallest absolute Gasteiger partial charge is 0.260 e. The zero-order chi connectivity index (χ0) is 23.2. The van der Waals surface area contributed by atoms with Gasteiger partial charge in [0.05, 0.1) is 16.9 Å². The number of likely N-dealkylation sites (tertiary alicyclic amines) is 1. The number of hydrogen-bond donors (Lipinski definition) is 1. The van der Waals surface area contributed by atoms with Gasteiger partial charge in [-0.15, -0.1) is 0 Å². The molecule has 1 saturated heterocycles. The summed E-state index contributed by atoms with van der Waals surface area (Å²) in [6, 6.07) is 15.2. The van der Waals surface area contributed by atoms with Gasteiger partial charge in [0, 0.05) is 25.2 Å². The maximum Gasteiger partial charge on any atom is 0.260 e. The molecule has 8 heteroatoms. The predicted octanol–water partition coefficient (Wildman–Crippen LogP) is 3.96. The lowest BCUT2D eigenvalue weighted by Gasteiger charge is -2.32. The van der Waals surface area contributed by atoms with Crippen molar-refractivity contribution >= 4 is 17.5 Å². The van der Waals surface area contributed by atoms with Gasteiger partial charge in [-0.2, -0.15) is 0 Å². The van der Waals surface area contributed by atoms with E-state index in [1.807, 2.05) is 30.3 Å². The molecule has 0 radical (unpaired) electrons. The van der Waals surface area contributed by atoms with Crippen molar-refractivity contribution in [1.29, 1.82) is 0 Å². The van der Waals surface area contributed by atoms with Crippen molar-refractivity contribution in [3.63, 3.8) is 0 Å². The van der Waals surface area contributed by atoms with Crippen LogP contribution >= 0.6 is 0 Å². The summed E-state index contributed by atoms with van der Waals surface area (Å²) in [5.74, 6) is 0.161. The van der Waals surface area contributed by atoms with Crippen LogP contribution in [0.5, 0.6) is 5.75 Å². The van der Waals surface area contributed by atoms with E-state index in [0.717, 1.165) is 12.8 Å². The molecule has 3 aromatic rings. The number of hydrogen-bond acceptors (Lipinski definition) is 5. The number of nitrogens with zero attached hydrogens (tertiary/aromatic N) is 3. The third-order valence-corrected chi connectivity index (χ3v) is 5.61. The molecule has 1 N–H and O–H groups in total. The lowest BCUT2D eigenvalue weighted by Crippen LogP contribution is -2.42. The van der Waals surface area contributed by atoms with Gasteiger partial charge in [0.1, 0.15) is 17.4 Å². The molecule has 1 aliphatic heterocycles. The minimum atomic E-state index is -0.510. The van der Waals surface area contributed by atoms with Crippen molar-refractivity contribution in [3.8, 4) is 5.75 Å². The van der Waals surface area contributed by atoms with Crippen LogP contribution in [-0.2, 0) is 4.79 Å². The lowest BCUT2D eigenvalue weighted by atomic mass is 9.97. The molecule has 0 bridgehead atoms. The summed E-state index contributed by atoms with van der Waals surface area (Å²) in [6.07, 6.45) is 3.15. The SMILES string of the molecule is Cc1nc([C@H]2CCCN(C(=O)COc3ccccc3)C2)ncc1C(=O)Nc1ccccc1F. The number of halogens is 1. The van der Waals surface area contributed by atoms with Gasteiger partial charge in [0.2, 0.25) is 0 Å². The molecule has 1 fully saturated rings. The second kappa shape index (κ2) is 10.2. The molecular formula is C25H25FN4O3. The normalized spacial score (nSPS) is 15.7. The number of nitrogens with one attached hydrogen (secondary N) is 1. The van der Waals surface area contributed by atoms with E-state index in [0.29, 0.717) is 30.4 Å². The summed E-state index contributed by atoms with van der Waals surface area (Å²) >= 11 is 0. The zero-order valence-corrected chi connectivity index (χ0v) is 18.3. The number of para-hydroxylation sites is 2. The molecule has 0 saturated carbocycles. The minimum Gasteiger partial charge on any atom is -0.484 e. The molecule has 2 aromatic carbocycles. The van der Waals surface area contributed by atoms with Crippen LogP contribution in [0.25, 0.3) is 0 Å². The fraction of sp³-hybridized carbons (Fsp3) is 0.280. The summed E-state index contributed by atoms with van der Waals surface area (Å²) in [5.41, 5.74) is 0.886. The Balaban J connectivity index is 1.39. The van der Waals surface area contributed by atoms with E-state index >= 15 is 0 Å². The van der Waals surface area contributed by atoms with Gasteiger partial charge in [-0.1, -0.05) is 30.3 Å². The van der Waals surface area contributed by atoms with Crippen molar-refractivity contribution < 1.29 is 18.7 Å². The summed E-state index contributed by atoms with van der Waals surface area (Å²) in [5, 5.41) is 2.56.